The van der Waals surface area contributed by atoms with Gasteiger partial charge in [-0.2, -0.15) is 13.2 Å². The van der Waals surface area contributed by atoms with Crippen LogP contribution in [0.1, 0.15) is 82.8 Å². The van der Waals surface area contributed by atoms with Crippen LogP contribution >= 0.6 is 0 Å². The molecule has 0 amide bonds. The lowest BCUT2D eigenvalue weighted by Crippen LogP contribution is -2.59. The van der Waals surface area contributed by atoms with Gasteiger partial charge in [0.15, 0.2) is 0 Å². The molecule has 186 valence electrons. The van der Waals surface area contributed by atoms with Crippen LogP contribution in [0.15, 0.2) is 24.3 Å². The zero-order chi connectivity index (χ0) is 24.4. The van der Waals surface area contributed by atoms with Gasteiger partial charge in [0.2, 0.25) is 0 Å². The van der Waals surface area contributed by atoms with E-state index in [4.69, 9.17) is 4.74 Å². The Kier molecular flexibility index (Phi) is 5.89. The second kappa shape index (κ2) is 8.27. The van der Waals surface area contributed by atoms with Gasteiger partial charge >= 0.3 is 6.18 Å². The summed E-state index contributed by atoms with van der Waals surface area (Å²) in [5.41, 5.74) is -0.635. The lowest BCUT2D eigenvalue weighted by molar-refractivity contribution is -0.183. The van der Waals surface area contributed by atoms with Crippen LogP contribution in [-0.2, 0) is 10.9 Å². The molecular weight excluding hydrogens is 437 g/mol. The van der Waals surface area contributed by atoms with E-state index in [2.05, 4.69) is 25.7 Å². The average molecular weight is 475 g/mol. The van der Waals surface area contributed by atoms with Crippen LogP contribution in [0.3, 0.4) is 0 Å². The van der Waals surface area contributed by atoms with Crippen molar-refractivity contribution in [2.75, 3.05) is 7.11 Å². The number of benzene rings is 1. The first kappa shape index (κ1) is 24.2. The van der Waals surface area contributed by atoms with Crippen LogP contribution in [-0.4, -0.2) is 23.9 Å². The first-order chi connectivity index (χ1) is 16.0. The van der Waals surface area contributed by atoms with Gasteiger partial charge in [0.25, 0.3) is 0 Å². The van der Waals surface area contributed by atoms with Gasteiger partial charge in [0.1, 0.15) is 5.60 Å². The largest absolute Gasteiger partial charge is 0.416 e. The molecule has 0 saturated heterocycles. The Hall–Kier alpha value is -1.51. The van der Waals surface area contributed by atoms with Crippen LogP contribution in [0.25, 0.3) is 0 Å². The highest BCUT2D eigenvalue weighted by Gasteiger charge is 2.62. The topological polar surface area (TPSA) is 29.5 Å². The van der Waals surface area contributed by atoms with Crippen molar-refractivity contribution in [1.29, 1.82) is 0 Å². The Morgan fingerprint density at radius 2 is 1.74 bits per heavy atom. The summed E-state index contributed by atoms with van der Waals surface area (Å²) in [6, 6.07) is 4.88. The summed E-state index contributed by atoms with van der Waals surface area (Å²) in [6.45, 7) is 4.94. The average Bonchev–Trinajstić information content (AvgIpc) is 3.19. The minimum Gasteiger partial charge on any atom is -0.381 e. The van der Waals surface area contributed by atoms with Crippen LogP contribution in [0, 0.1) is 46.3 Å². The summed E-state index contributed by atoms with van der Waals surface area (Å²) < 4.78 is 44.6. The molecule has 0 unspecified atom stereocenters. The van der Waals surface area contributed by atoms with E-state index in [0.29, 0.717) is 41.6 Å². The first-order valence-electron chi connectivity index (χ1n) is 12.9. The molecule has 1 aromatic carbocycles. The van der Waals surface area contributed by atoms with Gasteiger partial charge < -0.3 is 9.84 Å². The first-order valence-corrected chi connectivity index (χ1v) is 12.9. The molecule has 0 spiro atoms. The molecule has 34 heavy (non-hydrogen) atoms. The maximum Gasteiger partial charge on any atom is 0.416 e. The Morgan fingerprint density at radius 3 is 2.41 bits per heavy atom. The van der Waals surface area contributed by atoms with Crippen LogP contribution in [0.4, 0.5) is 13.2 Å². The van der Waals surface area contributed by atoms with Crippen molar-refractivity contribution in [3.8, 4) is 11.8 Å². The zero-order valence-electron chi connectivity index (χ0n) is 20.5. The van der Waals surface area contributed by atoms with Gasteiger partial charge in [-0.1, -0.05) is 32.1 Å². The fourth-order valence-corrected chi connectivity index (χ4v) is 8.47. The zero-order valence-corrected chi connectivity index (χ0v) is 20.5. The summed E-state index contributed by atoms with van der Waals surface area (Å²) in [4.78, 5) is 0. The molecule has 8 atom stereocenters. The summed E-state index contributed by atoms with van der Waals surface area (Å²) in [7, 11) is 1.85. The van der Waals surface area contributed by atoms with E-state index in [-0.39, 0.29) is 11.5 Å². The molecule has 0 aliphatic heterocycles. The van der Waals surface area contributed by atoms with Crippen molar-refractivity contribution in [2.45, 2.75) is 89.5 Å². The molecule has 5 rings (SSSR count). The molecule has 0 bridgehead atoms. The van der Waals surface area contributed by atoms with Crippen LogP contribution in [0.2, 0.25) is 0 Å². The highest BCUT2D eigenvalue weighted by molar-refractivity contribution is 5.39. The van der Waals surface area contributed by atoms with E-state index in [9.17, 15) is 18.3 Å². The molecule has 4 saturated carbocycles. The van der Waals surface area contributed by atoms with Gasteiger partial charge in [-0.05, 0) is 110 Å². The van der Waals surface area contributed by atoms with Crippen molar-refractivity contribution >= 4 is 0 Å². The molecule has 5 heteroatoms. The number of hydrogen-bond donors (Lipinski definition) is 1. The molecule has 4 fully saturated rings. The second-order valence-electron chi connectivity index (χ2n) is 12.1. The molecule has 1 aromatic rings. The highest BCUT2D eigenvalue weighted by Crippen LogP contribution is 2.67. The number of halogens is 3. The lowest BCUT2D eigenvalue weighted by Gasteiger charge is -2.63. The monoisotopic (exact) mass is 474 g/mol. The fourth-order valence-electron chi connectivity index (χ4n) is 8.47. The normalized spacial score (nSPS) is 43.8. The second-order valence-corrected chi connectivity index (χ2v) is 12.1. The predicted molar refractivity (Wildman–Crippen MR) is 126 cm³/mol. The number of fused-ring (bicyclic) bond motifs is 5. The standard InChI is InChI=1S/C29H37F3O2/c1-26-12-4-5-22(26)25-23(11-13-26)27(2)15-16-28(33,18-21(27)17-24(25)34-3)14-10-19-6-8-20(9-7-19)29(30,31)32/h6-9,21-25,33H,4-5,11-13,15-18H2,1-3H3/t21-,22+,23+,24+,25+,26+,27+,28-/m1/s1. The molecule has 0 heterocycles. The minimum absolute atomic E-state index is 0.186. The third-order valence-electron chi connectivity index (χ3n) is 10.5. The Bertz CT molecular complexity index is 976. The van der Waals surface area contributed by atoms with Crippen molar-refractivity contribution in [1.82, 2.24) is 0 Å². The SMILES string of the molecule is CO[C@H]1C[C@@H]2C[C@@](O)(C#Cc3ccc(C(F)(F)F)cc3)CC[C@]2(C)[C@H]2CC[C@]3(C)CCC[C@H]3[C@H]12. The molecule has 2 nitrogen and oxygen atoms in total. The van der Waals surface area contributed by atoms with Gasteiger partial charge in [-0.25, -0.2) is 0 Å². The number of alkyl halides is 3. The maximum absolute atomic E-state index is 12.8. The molecule has 1 N–H and O–H groups in total. The Balaban J connectivity index is 1.36. The van der Waals surface area contributed by atoms with E-state index in [1.54, 1.807) is 0 Å². The molecular formula is C29H37F3O2. The van der Waals surface area contributed by atoms with Crippen molar-refractivity contribution in [3.63, 3.8) is 0 Å². The van der Waals surface area contributed by atoms with Crippen molar-refractivity contribution in [3.05, 3.63) is 35.4 Å². The highest BCUT2D eigenvalue weighted by atomic mass is 19.4. The van der Waals surface area contributed by atoms with Gasteiger partial charge in [-0.3, -0.25) is 0 Å². The third kappa shape index (κ3) is 3.99. The summed E-state index contributed by atoms with van der Waals surface area (Å²) in [5.74, 6) is 8.33. The van der Waals surface area contributed by atoms with Crippen molar-refractivity contribution < 1.29 is 23.0 Å². The molecule has 0 radical (unpaired) electrons. The Labute approximate surface area is 201 Å². The van der Waals surface area contributed by atoms with E-state index in [1.807, 2.05) is 7.11 Å². The minimum atomic E-state index is -4.36. The number of ether oxygens (including phenoxy) is 1. The van der Waals surface area contributed by atoms with E-state index in [0.717, 1.165) is 30.9 Å². The number of rotatable bonds is 1. The quantitative estimate of drug-likeness (QED) is 0.451. The van der Waals surface area contributed by atoms with Gasteiger partial charge in [0, 0.05) is 12.7 Å². The molecule has 4 aliphatic rings. The summed E-state index contributed by atoms with van der Waals surface area (Å²) >= 11 is 0. The van der Waals surface area contributed by atoms with Crippen LogP contribution in [0.5, 0.6) is 0 Å². The van der Waals surface area contributed by atoms with Crippen molar-refractivity contribution in [2.24, 2.45) is 34.5 Å². The van der Waals surface area contributed by atoms with E-state index < -0.39 is 17.3 Å². The van der Waals surface area contributed by atoms with Crippen LogP contribution < -0.4 is 0 Å². The number of methoxy groups -OCH3 is 1. The van der Waals surface area contributed by atoms with E-state index in [1.165, 1.54) is 44.2 Å². The lowest BCUT2D eigenvalue weighted by atomic mass is 9.43. The summed E-state index contributed by atoms with van der Waals surface area (Å²) in [6.07, 6.45) is 5.56. The van der Waals surface area contributed by atoms with E-state index >= 15 is 0 Å². The maximum atomic E-state index is 12.8. The predicted octanol–water partition coefficient (Wildman–Crippen LogP) is 6.85. The van der Waals surface area contributed by atoms with Gasteiger partial charge in [-0.15, -0.1) is 0 Å². The number of aliphatic hydroxyl groups is 1. The third-order valence-corrected chi connectivity index (χ3v) is 10.5. The Morgan fingerprint density at radius 1 is 1.00 bits per heavy atom. The fraction of sp³-hybridized carbons (Fsp3) is 0.724. The summed E-state index contributed by atoms with van der Waals surface area (Å²) in [5, 5.41) is 11.4. The molecule has 0 aromatic heterocycles. The number of hydrogen-bond acceptors (Lipinski definition) is 2. The van der Waals surface area contributed by atoms with Gasteiger partial charge in [0.05, 0.1) is 11.7 Å². The smallest absolute Gasteiger partial charge is 0.381 e. The molecule has 4 aliphatic carbocycles.